The zero-order chi connectivity index (χ0) is 19.1. The van der Waals surface area contributed by atoms with Crippen molar-refractivity contribution >= 4 is 39.1 Å². The molecule has 2 N–H and O–H groups in total. The molecule has 9 heteroatoms. The predicted octanol–water partition coefficient (Wildman–Crippen LogP) is 4.11. The molecule has 1 fully saturated rings. The number of hydrogen-bond donors (Lipinski definition) is 2. The molecule has 2 atom stereocenters. The van der Waals surface area contributed by atoms with Crippen molar-refractivity contribution in [1.29, 1.82) is 5.41 Å². The first kappa shape index (κ1) is 18.8. The van der Waals surface area contributed by atoms with E-state index < -0.39 is 18.1 Å². The lowest BCUT2D eigenvalue weighted by molar-refractivity contribution is -0.131. The van der Waals surface area contributed by atoms with Gasteiger partial charge in [0.25, 0.3) is 0 Å². The van der Waals surface area contributed by atoms with Crippen molar-refractivity contribution in [3.8, 4) is 5.75 Å². The Kier molecular flexibility index (Phi) is 5.03. The predicted molar refractivity (Wildman–Crippen MR) is 98.8 cm³/mol. The van der Waals surface area contributed by atoms with Gasteiger partial charge in [-0.15, -0.1) is 11.3 Å². The molecule has 3 rings (SSSR count). The molecule has 0 saturated carbocycles. The lowest BCUT2D eigenvalue weighted by Gasteiger charge is -2.45. The third-order valence-electron chi connectivity index (χ3n) is 4.40. The summed E-state index contributed by atoms with van der Waals surface area (Å²) in [6.45, 7) is -1.05. The third kappa shape index (κ3) is 3.21. The van der Waals surface area contributed by atoms with Gasteiger partial charge in [-0.05, 0) is 52.0 Å². The summed E-state index contributed by atoms with van der Waals surface area (Å²) in [6, 6.07) is 7.92. The molecule has 26 heavy (non-hydrogen) atoms. The smallest absolute Gasteiger partial charge is 0.387 e. The van der Waals surface area contributed by atoms with Crippen LogP contribution in [0.4, 0.5) is 8.78 Å². The molecule has 1 aromatic heterocycles. The van der Waals surface area contributed by atoms with Gasteiger partial charge in [-0.2, -0.15) is 8.78 Å². The van der Waals surface area contributed by atoms with E-state index in [1.165, 1.54) is 35.4 Å². The summed E-state index contributed by atoms with van der Waals surface area (Å²) < 4.78 is 29.9. The van der Waals surface area contributed by atoms with Crippen molar-refractivity contribution in [3.05, 3.63) is 50.6 Å². The van der Waals surface area contributed by atoms with Crippen LogP contribution in [0.1, 0.15) is 23.3 Å². The highest BCUT2D eigenvalue weighted by Crippen LogP contribution is 2.45. The van der Waals surface area contributed by atoms with E-state index in [2.05, 4.69) is 26.0 Å². The first-order valence-corrected chi connectivity index (χ1v) is 9.34. The number of alkyl halides is 2. The van der Waals surface area contributed by atoms with Gasteiger partial charge in [-0.1, -0.05) is 12.1 Å². The van der Waals surface area contributed by atoms with Crippen LogP contribution in [-0.4, -0.2) is 30.4 Å². The summed E-state index contributed by atoms with van der Waals surface area (Å²) >= 11 is 4.97. The Hall–Kier alpha value is -2.00. The third-order valence-corrected chi connectivity index (χ3v) is 6.47. The molecule has 138 valence electrons. The van der Waals surface area contributed by atoms with Gasteiger partial charge >= 0.3 is 6.61 Å². The van der Waals surface area contributed by atoms with Gasteiger partial charge in [0.05, 0.1) is 11.5 Å². The molecule has 2 aromatic rings. The van der Waals surface area contributed by atoms with E-state index in [9.17, 15) is 13.6 Å². The van der Waals surface area contributed by atoms with E-state index in [4.69, 9.17) is 5.41 Å². The SMILES string of the molecule is CN1C(=N)N[C@](C)(c2sccc2Br)C(c2ccc(OC(F)F)cc2)C1=O. The van der Waals surface area contributed by atoms with Crippen LogP contribution in [0.15, 0.2) is 40.2 Å². The van der Waals surface area contributed by atoms with Crippen LogP contribution in [-0.2, 0) is 10.3 Å². The molecule has 1 aliphatic heterocycles. The van der Waals surface area contributed by atoms with E-state index in [0.717, 1.165) is 9.35 Å². The van der Waals surface area contributed by atoms with E-state index in [0.29, 0.717) is 5.56 Å². The van der Waals surface area contributed by atoms with Crippen LogP contribution in [0.25, 0.3) is 0 Å². The van der Waals surface area contributed by atoms with Crippen LogP contribution < -0.4 is 10.1 Å². The maximum atomic E-state index is 13.0. The zero-order valence-corrected chi connectivity index (χ0v) is 16.3. The number of thiophene rings is 1. The Morgan fingerprint density at radius 2 is 2.00 bits per heavy atom. The highest BCUT2D eigenvalue weighted by molar-refractivity contribution is 9.10. The van der Waals surface area contributed by atoms with Gasteiger partial charge in [-0.3, -0.25) is 15.1 Å². The van der Waals surface area contributed by atoms with Crippen molar-refractivity contribution in [3.63, 3.8) is 0 Å². The van der Waals surface area contributed by atoms with Crippen molar-refractivity contribution in [2.75, 3.05) is 7.05 Å². The summed E-state index contributed by atoms with van der Waals surface area (Å²) in [5.74, 6) is -0.858. The molecular formula is C17H16BrF2N3O2S. The Morgan fingerprint density at radius 1 is 1.35 bits per heavy atom. The van der Waals surface area contributed by atoms with E-state index in [1.807, 2.05) is 18.4 Å². The van der Waals surface area contributed by atoms with Crippen LogP contribution in [0.5, 0.6) is 5.75 Å². The van der Waals surface area contributed by atoms with Gasteiger partial charge in [0.2, 0.25) is 5.91 Å². The quantitative estimate of drug-likeness (QED) is 0.746. The minimum Gasteiger partial charge on any atom is -0.435 e. The van der Waals surface area contributed by atoms with Gasteiger partial charge in [0.1, 0.15) is 5.75 Å². The minimum atomic E-state index is -2.90. The zero-order valence-electron chi connectivity index (χ0n) is 13.9. The van der Waals surface area contributed by atoms with Crippen LogP contribution in [0, 0.1) is 5.41 Å². The second kappa shape index (κ2) is 6.96. The number of carbonyl (C=O) groups is 1. The van der Waals surface area contributed by atoms with E-state index >= 15 is 0 Å². The molecule has 0 bridgehead atoms. The Balaban J connectivity index is 2.06. The number of benzene rings is 1. The highest BCUT2D eigenvalue weighted by atomic mass is 79.9. The van der Waals surface area contributed by atoms with Gasteiger partial charge in [0, 0.05) is 16.4 Å². The molecule has 2 heterocycles. The van der Waals surface area contributed by atoms with Gasteiger partial charge in [0.15, 0.2) is 5.96 Å². The molecule has 0 aliphatic carbocycles. The normalized spacial score (nSPS) is 23.3. The summed E-state index contributed by atoms with van der Waals surface area (Å²) in [4.78, 5) is 15.1. The first-order valence-electron chi connectivity index (χ1n) is 7.66. The first-order chi connectivity index (χ1) is 12.2. The van der Waals surface area contributed by atoms with Crippen LogP contribution >= 0.6 is 27.3 Å². The van der Waals surface area contributed by atoms with Crippen LogP contribution in [0.3, 0.4) is 0 Å². The number of hydrogen-bond acceptors (Lipinski definition) is 4. The maximum absolute atomic E-state index is 13.0. The molecule has 5 nitrogen and oxygen atoms in total. The minimum absolute atomic E-state index is 0.00621. The fraction of sp³-hybridized carbons (Fsp3) is 0.294. The molecule has 1 aromatic carbocycles. The largest absolute Gasteiger partial charge is 0.435 e. The van der Waals surface area contributed by atoms with Gasteiger partial charge in [-0.25, -0.2) is 0 Å². The molecule has 1 amide bonds. The monoisotopic (exact) mass is 443 g/mol. The standard InChI is InChI=1S/C17H16BrF2N3O2S/c1-17(13-11(18)7-8-26-13)12(14(24)23(2)16(21)22-17)9-3-5-10(6-4-9)25-15(19)20/h3-8,12,15H,1-2H3,(H2,21,22)/t12?,17-/m0/s1. The fourth-order valence-corrected chi connectivity index (χ4v) is 5.06. The summed E-state index contributed by atoms with van der Waals surface area (Å²) in [7, 11) is 1.53. The topological polar surface area (TPSA) is 65.4 Å². The molecule has 0 spiro atoms. The van der Waals surface area contributed by atoms with E-state index in [1.54, 1.807) is 12.1 Å². The lowest BCUT2D eigenvalue weighted by atomic mass is 9.77. The molecule has 0 radical (unpaired) electrons. The van der Waals surface area contributed by atoms with Crippen LogP contribution in [0.2, 0.25) is 0 Å². The average Bonchev–Trinajstić information content (AvgIpc) is 3.01. The maximum Gasteiger partial charge on any atom is 0.387 e. The summed E-state index contributed by atoms with van der Waals surface area (Å²) in [6.07, 6.45) is 0. The second-order valence-corrected chi connectivity index (χ2v) is 7.82. The lowest BCUT2D eigenvalue weighted by Crippen LogP contribution is -2.62. The van der Waals surface area contributed by atoms with E-state index in [-0.39, 0.29) is 17.6 Å². The number of guanidine groups is 1. The second-order valence-electron chi connectivity index (χ2n) is 6.05. The number of rotatable bonds is 4. The van der Waals surface area contributed by atoms with Crippen molar-refractivity contribution in [2.24, 2.45) is 0 Å². The average molecular weight is 444 g/mol. The molecule has 1 aliphatic rings. The summed E-state index contributed by atoms with van der Waals surface area (Å²) in [5.41, 5.74) is -0.218. The molecular weight excluding hydrogens is 428 g/mol. The number of nitrogens with one attached hydrogen (secondary N) is 2. The number of halogens is 3. The van der Waals surface area contributed by atoms with Gasteiger partial charge < -0.3 is 10.1 Å². The number of nitrogens with zero attached hydrogens (tertiary/aromatic N) is 1. The number of carbonyl (C=O) groups excluding carboxylic acids is 1. The Labute approximate surface area is 161 Å². The molecule has 1 saturated heterocycles. The summed E-state index contributed by atoms with van der Waals surface area (Å²) in [5, 5.41) is 13.1. The highest BCUT2D eigenvalue weighted by Gasteiger charge is 2.49. The number of likely N-dealkylation sites (N-methyl/N-ethyl adjacent to an activating group) is 1. The Bertz CT molecular complexity index is 843. The van der Waals surface area contributed by atoms with Crippen molar-refractivity contribution < 1.29 is 18.3 Å². The Morgan fingerprint density at radius 3 is 2.54 bits per heavy atom. The van der Waals surface area contributed by atoms with Crippen molar-refractivity contribution in [2.45, 2.75) is 25.0 Å². The fourth-order valence-electron chi connectivity index (χ4n) is 3.12. The number of ether oxygens (including phenoxy) is 1. The molecule has 1 unspecified atom stereocenters. The van der Waals surface area contributed by atoms with Crippen molar-refractivity contribution in [1.82, 2.24) is 10.2 Å². The number of amides is 1.